The van der Waals surface area contributed by atoms with Gasteiger partial charge in [-0.15, -0.1) is 0 Å². The van der Waals surface area contributed by atoms with Crippen LogP contribution in [-0.4, -0.2) is 45.9 Å². The molecule has 0 aliphatic carbocycles. The van der Waals surface area contributed by atoms with Crippen LogP contribution in [0.5, 0.6) is 5.75 Å². The van der Waals surface area contributed by atoms with Crippen LogP contribution in [0.3, 0.4) is 0 Å². The number of methoxy groups -OCH3 is 1. The molecular weight excluding hydrogens is 244 g/mol. The van der Waals surface area contributed by atoms with Gasteiger partial charge in [0, 0.05) is 38.2 Å². The Morgan fingerprint density at radius 3 is 2.63 bits per heavy atom. The zero-order valence-corrected chi connectivity index (χ0v) is 11.1. The first-order valence-electron chi connectivity index (χ1n) is 6.50. The summed E-state index contributed by atoms with van der Waals surface area (Å²) in [6, 6.07) is 7.15. The van der Waals surface area contributed by atoms with Crippen molar-refractivity contribution in [1.82, 2.24) is 10.6 Å². The molecule has 1 aliphatic heterocycles. The smallest absolute Gasteiger partial charge is 0.251 e. The van der Waals surface area contributed by atoms with Crippen LogP contribution in [0.25, 0.3) is 0 Å². The number of ether oxygens (including phenoxy) is 2. The summed E-state index contributed by atoms with van der Waals surface area (Å²) in [5.41, 5.74) is 0.659. The third kappa shape index (κ3) is 4.22. The lowest BCUT2D eigenvalue weighted by molar-refractivity contribution is 0.0942. The Kier molecular flexibility index (Phi) is 5.18. The highest BCUT2D eigenvalue weighted by Gasteiger charge is 2.17. The first-order chi connectivity index (χ1) is 9.29. The van der Waals surface area contributed by atoms with Crippen LogP contribution in [-0.2, 0) is 4.74 Å². The van der Waals surface area contributed by atoms with Gasteiger partial charge >= 0.3 is 0 Å². The molecule has 1 saturated heterocycles. The van der Waals surface area contributed by atoms with Crippen molar-refractivity contribution in [2.45, 2.75) is 0 Å². The highest BCUT2D eigenvalue weighted by molar-refractivity contribution is 5.94. The third-order valence-electron chi connectivity index (χ3n) is 3.09. The van der Waals surface area contributed by atoms with Crippen molar-refractivity contribution in [2.24, 2.45) is 5.92 Å². The van der Waals surface area contributed by atoms with E-state index in [1.54, 1.807) is 31.4 Å². The maximum Gasteiger partial charge on any atom is 0.251 e. The summed E-state index contributed by atoms with van der Waals surface area (Å²) in [4.78, 5) is 11.9. The van der Waals surface area contributed by atoms with Gasteiger partial charge in [-0.05, 0) is 24.3 Å². The lowest BCUT2D eigenvalue weighted by atomic mass is 10.0. The summed E-state index contributed by atoms with van der Waals surface area (Å²) >= 11 is 0. The van der Waals surface area contributed by atoms with Crippen LogP contribution < -0.4 is 15.4 Å². The predicted octanol–water partition coefficient (Wildman–Crippen LogP) is 0.661. The predicted molar refractivity (Wildman–Crippen MR) is 72.5 cm³/mol. The molecular formula is C14H20N2O3. The van der Waals surface area contributed by atoms with Crippen molar-refractivity contribution >= 4 is 5.91 Å². The monoisotopic (exact) mass is 264 g/mol. The number of hydrogen-bond donors (Lipinski definition) is 2. The topological polar surface area (TPSA) is 59.6 Å². The molecule has 1 aromatic carbocycles. The fourth-order valence-electron chi connectivity index (χ4n) is 1.78. The van der Waals surface area contributed by atoms with Gasteiger partial charge in [0.1, 0.15) is 12.4 Å². The van der Waals surface area contributed by atoms with Crippen molar-refractivity contribution in [3.63, 3.8) is 0 Å². The maximum atomic E-state index is 11.9. The zero-order valence-electron chi connectivity index (χ0n) is 11.1. The summed E-state index contributed by atoms with van der Waals surface area (Å²) in [5.74, 6) is 1.28. The van der Waals surface area contributed by atoms with Crippen LogP contribution in [0.4, 0.5) is 0 Å². The molecule has 5 heteroatoms. The van der Waals surface area contributed by atoms with Crippen molar-refractivity contribution in [2.75, 3.05) is 40.0 Å². The van der Waals surface area contributed by atoms with E-state index >= 15 is 0 Å². The molecule has 1 fully saturated rings. The quantitative estimate of drug-likeness (QED) is 0.710. The van der Waals surface area contributed by atoms with Crippen LogP contribution in [0.2, 0.25) is 0 Å². The van der Waals surface area contributed by atoms with E-state index < -0.39 is 0 Å². The normalized spacial score (nSPS) is 14.8. The number of amides is 1. The highest BCUT2D eigenvalue weighted by Crippen LogP contribution is 2.12. The van der Waals surface area contributed by atoms with Crippen molar-refractivity contribution in [3.8, 4) is 5.75 Å². The number of hydrogen-bond acceptors (Lipinski definition) is 4. The average molecular weight is 264 g/mol. The Hall–Kier alpha value is -1.59. The van der Waals surface area contributed by atoms with Gasteiger partial charge in [-0.3, -0.25) is 4.79 Å². The standard InChI is InChI=1S/C14H20N2O3/c1-18-6-7-19-13-4-2-12(3-5-13)14(17)16-10-11-8-15-9-11/h2-5,11,15H,6-10H2,1H3,(H,16,17). The molecule has 0 atom stereocenters. The molecule has 104 valence electrons. The van der Waals surface area contributed by atoms with E-state index in [-0.39, 0.29) is 5.91 Å². The van der Waals surface area contributed by atoms with Crippen molar-refractivity contribution in [3.05, 3.63) is 29.8 Å². The molecule has 2 N–H and O–H groups in total. The van der Waals surface area contributed by atoms with Gasteiger partial charge in [0.15, 0.2) is 0 Å². The number of benzene rings is 1. The van der Waals surface area contributed by atoms with E-state index in [1.165, 1.54) is 0 Å². The molecule has 5 nitrogen and oxygen atoms in total. The molecule has 0 aromatic heterocycles. The molecule has 19 heavy (non-hydrogen) atoms. The van der Waals surface area contributed by atoms with E-state index in [2.05, 4.69) is 10.6 Å². The van der Waals surface area contributed by atoms with Crippen LogP contribution >= 0.6 is 0 Å². The Morgan fingerprint density at radius 1 is 1.32 bits per heavy atom. The Labute approximate surface area is 113 Å². The van der Waals surface area contributed by atoms with Crippen LogP contribution in [0.15, 0.2) is 24.3 Å². The second kappa shape index (κ2) is 7.11. The van der Waals surface area contributed by atoms with E-state index in [0.29, 0.717) is 24.7 Å². The fraction of sp³-hybridized carbons (Fsp3) is 0.500. The van der Waals surface area contributed by atoms with Crippen molar-refractivity contribution < 1.29 is 14.3 Å². The molecule has 1 amide bonds. The molecule has 0 unspecified atom stereocenters. The van der Waals surface area contributed by atoms with Gasteiger partial charge < -0.3 is 20.1 Å². The van der Waals surface area contributed by atoms with Gasteiger partial charge in [-0.2, -0.15) is 0 Å². The van der Waals surface area contributed by atoms with E-state index in [9.17, 15) is 4.79 Å². The average Bonchev–Trinajstić information content (AvgIpc) is 2.38. The number of nitrogens with one attached hydrogen (secondary N) is 2. The molecule has 1 aromatic rings. The van der Waals surface area contributed by atoms with Gasteiger partial charge in [0.05, 0.1) is 6.61 Å². The van der Waals surface area contributed by atoms with Gasteiger partial charge in [-0.1, -0.05) is 0 Å². The van der Waals surface area contributed by atoms with Crippen LogP contribution in [0.1, 0.15) is 10.4 Å². The summed E-state index contributed by atoms with van der Waals surface area (Å²) < 4.78 is 10.3. The number of carbonyl (C=O) groups excluding carboxylic acids is 1. The minimum absolute atomic E-state index is 0.0321. The molecule has 0 radical (unpaired) electrons. The third-order valence-corrected chi connectivity index (χ3v) is 3.09. The lowest BCUT2D eigenvalue weighted by Gasteiger charge is -2.27. The second-order valence-corrected chi connectivity index (χ2v) is 4.60. The molecule has 0 saturated carbocycles. The molecule has 0 spiro atoms. The minimum Gasteiger partial charge on any atom is -0.491 e. The Bertz CT molecular complexity index is 402. The molecule has 1 aliphatic rings. The second-order valence-electron chi connectivity index (χ2n) is 4.60. The van der Waals surface area contributed by atoms with Gasteiger partial charge in [-0.25, -0.2) is 0 Å². The molecule has 2 rings (SSSR count). The maximum absolute atomic E-state index is 11.9. The first kappa shape index (κ1) is 13.8. The minimum atomic E-state index is -0.0321. The number of rotatable bonds is 7. The summed E-state index contributed by atoms with van der Waals surface area (Å²) in [6.45, 7) is 3.78. The van der Waals surface area contributed by atoms with E-state index in [1.807, 2.05) is 0 Å². The molecule has 0 bridgehead atoms. The highest BCUT2D eigenvalue weighted by atomic mass is 16.5. The fourth-order valence-corrected chi connectivity index (χ4v) is 1.78. The Morgan fingerprint density at radius 2 is 2.05 bits per heavy atom. The largest absolute Gasteiger partial charge is 0.491 e. The Balaban J connectivity index is 1.77. The number of carbonyl (C=O) groups is 1. The SMILES string of the molecule is COCCOc1ccc(C(=O)NCC2CNC2)cc1. The van der Waals surface area contributed by atoms with Gasteiger partial charge in [0.25, 0.3) is 5.91 Å². The zero-order chi connectivity index (χ0) is 13.5. The summed E-state index contributed by atoms with van der Waals surface area (Å²) in [5, 5.41) is 6.11. The summed E-state index contributed by atoms with van der Waals surface area (Å²) in [7, 11) is 1.63. The first-order valence-corrected chi connectivity index (χ1v) is 6.50. The van der Waals surface area contributed by atoms with E-state index in [0.717, 1.165) is 25.4 Å². The van der Waals surface area contributed by atoms with Crippen molar-refractivity contribution in [1.29, 1.82) is 0 Å². The lowest BCUT2D eigenvalue weighted by Crippen LogP contribution is -2.48. The molecule has 1 heterocycles. The van der Waals surface area contributed by atoms with E-state index in [4.69, 9.17) is 9.47 Å². The summed E-state index contributed by atoms with van der Waals surface area (Å²) in [6.07, 6.45) is 0. The van der Waals surface area contributed by atoms with Gasteiger partial charge in [0.2, 0.25) is 0 Å². The van der Waals surface area contributed by atoms with Crippen LogP contribution in [0, 0.1) is 5.92 Å².